The van der Waals surface area contributed by atoms with E-state index in [4.69, 9.17) is 5.11 Å². The molecule has 2 aromatic rings. The zero-order valence-electron chi connectivity index (χ0n) is 10.9. The Bertz CT molecular complexity index is 532. The van der Waals surface area contributed by atoms with Gasteiger partial charge in [-0.2, -0.15) is 0 Å². The van der Waals surface area contributed by atoms with Gasteiger partial charge in [0.2, 0.25) is 0 Å². The first-order valence-corrected chi connectivity index (χ1v) is 6.61. The van der Waals surface area contributed by atoms with Crippen LogP contribution in [0.25, 0.3) is 11.1 Å². The minimum Gasteiger partial charge on any atom is -0.396 e. The van der Waals surface area contributed by atoms with E-state index in [2.05, 4.69) is 0 Å². The van der Waals surface area contributed by atoms with Gasteiger partial charge < -0.3 is 5.11 Å². The molecule has 2 rings (SSSR count). The molecule has 0 atom stereocenters. The van der Waals surface area contributed by atoms with Crippen LogP contribution in [-0.2, 0) is 0 Å². The Kier molecular flexibility index (Phi) is 4.87. The Morgan fingerprint density at radius 3 is 2.37 bits per heavy atom. The fourth-order valence-corrected chi connectivity index (χ4v) is 2.04. The van der Waals surface area contributed by atoms with Crippen LogP contribution in [-0.4, -0.2) is 17.5 Å². The molecule has 0 fully saturated rings. The van der Waals surface area contributed by atoms with Gasteiger partial charge >= 0.3 is 0 Å². The van der Waals surface area contributed by atoms with Crippen LogP contribution < -0.4 is 0 Å². The SMILES string of the molecule is O=C(CCCCO)c1cccc(-c2ccccc2)c1. The third kappa shape index (κ3) is 3.76. The number of ketones is 1. The summed E-state index contributed by atoms with van der Waals surface area (Å²) in [5.74, 6) is 0.145. The van der Waals surface area contributed by atoms with Crippen LogP contribution in [0.1, 0.15) is 29.6 Å². The van der Waals surface area contributed by atoms with Crippen LogP contribution in [0, 0.1) is 0 Å². The second-order valence-corrected chi connectivity index (χ2v) is 4.55. The minimum atomic E-state index is 0.145. The molecular formula is C17H18O2. The van der Waals surface area contributed by atoms with Gasteiger partial charge in [0, 0.05) is 18.6 Å². The van der Waals surface area contributed by atoms with Crippen LogP contribution >= 0.6 is 0 Å². The van der Waals surface area contributed by atoms with Gasteiger partial charge in [0.05, 0.1) is 0 Å². The van der Waals surface area contributed by atoms with E-state index in [1.165, 1.54) is 0 Å². The highest BCUT2D eigenvalue weighted by Crippen LogP contribution is 2.20. The molecule has 0 saturated carbocycles. The first-order valence-electron chi connectivity index (χ1n) is 6.61. The summed E-state index contributed by atoms with van der Waals surface area (Å²) in [6.07, 6.45) is 1.92. The summed E-state index contributed by atoms with van der Waals surface area (Å²) in [4.78, 5) is 12.0. The lowest BCUT2D eigenvalue weighted by Gasteiger charge is -2.05. The van der Waals surface area contributed by atoms with Crippen LogP contribution in [0.4, 0.5) is 0 Å². The molecule has 0 aromatic heterocycles. The fourth-order valence-electron chi connectivity index (χ4n) is 2.04. The highest BCUT2D eigenvalue weighted by Gasteiger charge is 2.06. The molecular weight excluding hydrogens is 236 g/mol. The van der Waals surface area contributed by atoms with E-state index in [9.17, 15) is 4.79 Å². The van der Waals surface area contributed by atoms with Crippen LogP contribution in [0.3, 0.4) is 0 Å². The topological polar surface area (TPSA) is 37.3 Å². The van der Waals surface area contributed by atoms with Crippen LogP contribution in [0.2, 0.25) is 0 Å². The van der Waals surface area contributed by atoms with E-state index < -0.39 is 0 Å². The van der Waals surface area contributed by atoms with Crippen molar-refractivity contribution in [2.75, 3.05) is 6.61 Å². The molecule has 0 radical (unpaired) electrons. The highest BCUT2D eigenvalue weighted by molar-refractivity contribution is 5.97. The molecule has 0 amide bonds. The van der Waals surface area contributed by atoms with E-state index in [1.54, 1.807) is 0 Å². The van der Waals surface area contributed by atoms with E-state index in [1.807, 2.05) is 54.6 Å². The van der Waals surface area contributed by atoms with Crippen molar-refractivity contribution in [2.45, 2.75) is 19.3 Å². The first-order chi connectivity index (χ1) is 9.31. The van der Waals surface area contributed by atoms with Gasteiger partial charge in [0.25, 0.3) is 0 Å². The monoisotopic (exact) mass is 254 g/mol. The second kappa shape index (κ2) is 6.86. The number of hydrogen-bond acceptors (Lipinski definition) is 2. The molecule has 0 heterocycles. The fraction of sp³-hybridized carbons (Fsp3) is 0.235. The van der Waals surface area contributed by atoms with Crippen molar-refractivity contribution in [3.05, 3.63) is 60.2 Å². The van der Waals surface area contributed by atoms with E-state index in [-0.39, 0.29) is 12.4 Å². The van der Waals surface area contributed by atoms with Crippen molar-refractivity contribution >= 4 is 5.78 Å². The lowest BCUT2D eigenvalue weighted by Crippen LogP contribution is -1.99. The Hall–Kier alpha value is -1.93. The third-order valence-corrected chi connectivity index (χ3v) is 3.10. The Morgan fingerprint density at radius 1 is 0.895 bits per heavy atom. The van der Waals surface area contributed by atoms with Crippen molar-refractivity contribution < 1.29 is 9.90 Å². The van der Waals surface area contributed by atoms with Gasteiger partial charge in [-0.25, -0.2) is 0 Å². The van der Waals surface area contributed by atoms with Crippen molar-refractivity contribution in [1.29, 1.82) is 0 Å². The smallest absolute Gasteiger partial charge is 0.162 e. The summed E-state index contributed by atoms with van der Waals surface area (Å²) in [6.45, 7) is 0.150. The van der Waals surface area contributed by atoms with Gasteiger partial charge in [-0.1, -0.05) is 48.5 Å². The van der Waals surface area contributed by atoms with Crippen LogP contribution in [0.15, 0.2) is 54.6 Å². The van der Waals surface area contributed by atoms with Crippen molar-refractivity contribution in [1.82, 2.24) is 0 Å². The molecule has 0 unspecified atom stereocenters. The zero-order chi connectivity index (χ0) is 13.5. The number of aliphatic hydroxyl groups is 1. The molecule has 0 saturated heterocycles. The molecule has 0 aliphatic rings. The largest absolute Gasteiger partial charge is 0.396 e. The number of rotatable bonds is 6. The third-order valence-electron chi connectivity index (χ3n) is 3.10. The number of Topliss-reactive ketones (excluding diaryl/α,β-unsaturated/α-hetero) is 1. The Labute approximate surface area is 113 Å². The molecule has 98 valence electrons. The minimum absolute atomic E-state index is 0.145. The average Bonchev–Trinajstić information content (AvgIpc) is 2.48. The van der Waals surface area contributed by atoms with Crippen molar-refractivity contribution in [2.24, 2.45) is 0 Å². The Morgan fingerprint density at radius 2 is 1.63 bits per heavy atom. The molecule has 1 N–H and O–H groups in total. The summed E-state index contributed by atoms with van der Waals surface area (Å²) in [5.41, 5.74) is 2.93. The van der Waals surface area contributed by atoms with Crippen LogP contribution in [0.5, 0.6) is 0 Å². The predicted octanol–water partition coefficient (Wildman–Crippen LogP) is 3.70. The predicted molar refractivity (Wildman–Crippen MR) is 77.1 cm³/mol. The first kappa shape index (κ1) is 13.5. The number of carbonyl (C=O) groups excluding carboxylic acids is 1. The maximum atomic E-state index is 12.0. The van der Waals surface area contributed by atoms with E-state index in [0.29, 0.717) is 12.8 Å². The second-order valence-electron chi connectivity index (χ2n) is 4.55. The summed E-state index contributed by atoms with van der Waals surface area (Å²) < 4.78 is 0. The van der Waals surface area contributed by atoms with E-state index >= 15 is 0 Å². The number of unbranched alkanes of at least 4 members (excludes halogenated alkanes) is 1. The molecule has 0 bridgehead atoms. The maximum absolute atomic E-state index is 12.0. The molecule has 0 spiro atoms. The quantitative estimate of drug-likeness (QED) is 0.630. The van der Waals surface area contributed by atoms with Gasteiger partial charge in [0.1, 0.15) is 0 Å². The number of aliphatic hydroxyl groups excluding tert-OH is 1. The summed E-state index contributed by atoms with van der Waals surface area (Å²) in [7, 11) is 0. The molecule has 2 heteroatoms. The van der Waals surface area contributed by atoms with Gasteiger partial charge in [0.15, 0.2) is 5.78 Å². The maximum Gasteiger partial charge on any atom is 0.162 e. The lowest BCUT2D eigenvalue weighted by molar-refractivity contribution is 0.0977. The summed E-state index contributed by atoms with van der Waals surface area (Å²) in [5, 5.41) is 8.73. The number of hydrogen-bond donors (Lipinski definition) is 1. The lowest BCUT2D eigenvalue weighted by atomic mass is 9.99. The number of carbonyl (C=O) groups is 1. The summed E-state index contributed by atoms with van der Waals surface area (Å²) >= 11 is 0. The van der Waals surface area contributed by atoms with E-state index in [0.717, 1.165) is 23.1 Å². The van der Waals surface area contributed by atoms with Gasteiger partial charge in [-0.05, 0) is 30.0 Å². The highest BCUT2D eigenvalue weighted by atomic mass is 16.2. The number of benzene rings is 2. The standard InChI is InChI=1S/C17H18O2/c18-12-5-4-11-17(19)16-10-6-9-15(13-16)14-7-2-1-3-8-14/h1-3,6-10,13,18H,4-5,11-12H2. The van der Waals surface area contributed by atoms with Gasteiger partial charge in [-0.15, -0.1) is 0 Å². The van der Waals surface area contributed by atoms with Gasteiger partial charge in [-0.3, -0.25) is 4.79 Å². The molecule has 0 aliphatic heterocycles. The molecule has 19 heavy (non-hydrogen) atoms. The zero-order valence-corrected chi connectivity index (χ0v) is 10.9. The molecule has 2 aromatic carbocycles. The molecule has 2 nitrogen and oxygen atoms in total. The normalized spacial score (nSPS) is 10.4. The average molecular weight is 254 g/mol. The Balaban J connectivity index is 2.13. The summed E-state index contributed by atoms with van der Waals surface area (Å²) in [6, 6.07) is 17.8. The molecule has 0 aliphatic carbocycles. The van der Waals surface area contributed by atoms with Crippen molar-refractivity contribution in [3.8, 4) is 11.1 Å². The van der Waals surface area contributed by atoms with Crippen molar-refractivity contribution in [3.63, 3.8) is 0 Å².